The molecule has 0 saturated heterocycles. The van der Waals surface area contributed by atoms with Gasteiger partial charge in [-0.2, -0.15) is 13.2 Å². The number of aryl methyl sites for hydroxylation is 2. The Morgan fingerprint density at radius 2 is 2.04 bits per heavy atom. The lowest BCUT2D eigenvalue weighted by atomic mass is 10.2. The molecule has 0 amide bonds. The summed E-state index contributed by atoms with van der Waals surface area (Å²) >= 11 is 0. The average Bonchev–Trinajstić information content (AvgIpc) is 2.87. The predicted octanol–water partition coefficient (Wildman–Crippen LogP) is 3.00. The van der Waals surface area contributed by atoms with E-state index in [9.17, 15) is 18.3 Å². The summed E-state index contributed by atoms with van der Waals surface area (Å²) in [6.45, 7) is 0.912. The standard InChI is InChI=1S/C17H22F3N3O2/c1-22(2)9-5-7-13-11-23(3)15(21-13)16(24)25-14-8-4-6-12(10-14)17(18,19)20/h4,6,8,10-11,16,24H,5,7,9H2,1-3H3. The van der Waals surface area contributed by atoms with Gasteiger partial charge in [0.1, 0.15) is 5.75 Å². The Labute approximate surface area is 144 Å². The first-order valence-corrected chi connectivity index (χ1v) is 7.85. The molecule has 138 valence electrons. The smallest absolute Gasteiger partial charge is 0.416 e. The number of aliphatic hydroxyl groups excluding tert-OH is 1. The highest BCUT2D eigenvalue weighted by Crippen LogP contribution is 2.32. The quantitative estimate of drug-likeness (QED) is 0.774. The van der Waals surface area contributed by atoms with Crippen molar-refractivity contribution in [1.29, 1.82) is 0 Å². The minimum Gasteiger partial charge on any atom is -0.457 e. The van der Waals surface area contributed by atoms with E-state index in [1.54, 1.807) is 17.8 Å². The minimum absolute atomic E-state index is 0.0699. The molecule has 1 N–H and O–H groups in total. The molecule has 2 rings (SSSR count). The SMILES string of the molecule is CN(C)CCCc1cn(C)c(C(O)Oc2cccc(C(F)(F)F)c2)n1. The number of ether oxygens (including phenoxy) is 1. The zero-order valence-electron chi connectivity index (χ0n) is 14.4. The van der Waals surface area contributed by atoms with Crippen molar-refractivity contribution < 1.29 is 23.0 Å². The second-order valence-electron chi connectivity index (χ2n) is 6.10. The van der Waals surface area contributed by atoms with E-state index < -0.39 is 18.0 Å². The van der Waals surface area contributed by atoms with Crippen molar-refractivity contribution >= 4 is 0 Å². The largest absolute Gasteiger partial charge is 0.457 e. The molecule has 1 unspecified atom stereocenters. The van der Waals surface area contributed by atoms with Crippen LogP contribution in [0.15, 0.2) is 30.5 Å². The molecular formula is C17H22F3N3O2. The van der Waals surface area contributed by atoms with Gasteiger partial charge in [-0.15, -0.1) is 0 Å². The second kappa shape index (κ2) is 7.88. The molecule has 1 atom stereocenters. The number of hydrogen-bond acceptors (Lipinski definition) is 4. The van der Waals surface area contributed by atoms with Crippen molar-refractivity contribution in [2.24, 2.45) is 7.05 Å². The molecule has 1 aromatic heterocycles. The molecule has 2 aromatic rings. The van der Waals surface area contributed by atoms with Crippen LogP contribution >= 0.6 is 0 Å². The van der Waals surface area contributed by atoms with E-state index in [1.807, 2.05) is 14.1 Å². The van der Waals surface area contributed by atoms with Gasteiger partial charge in [0.05, 0.1) is 11.3 Å². The van der Waals surface area contributed by atoms with Crippen molar-refractivity contribution in [3.63, 3.8) is 0 Å². The summed E-state index contributed by atoms with van der Waals surface area (Å²) in [5.41, 5.74) is -0.0348. The Kier molecular flexibility index (Phi) is 6.07. The number of aliphatic hydroxyl groups is 1. The zero-order chi connectivity index (χ0) is 18.6. The monoisotopic (exact) mass is 357 g/mol. The number of aromatic nitrogens is 2. The van der Waals surface area contributed by atoms with Crippen molar-refractivity contribution in [2.75, 3.05) is 20.6 Å². The van der Waals surface area contributed by atoms with Crippen LogP contribution in [0.4, 0.5) is 13.2 Å². The Morgan fingerprint density at radius 3 is 2.68 bits per heavy atom. The van der Waals surface area contributed by atoms with E-state index in [2.05, 4.69) is 9.88 Å². The van der Waals surface area contributed by atoms with Gasteiger partial charge in [-0.05, 0) is 51.7 Å². The van der Waals surface area contributed by atoms with Crippen LogP contribution in [0.5, 0.6) is 5.75 Å². The number of hydrogen-bond donors (Lipinski definition) is 1. The van der Waals surface area contributed by atoms with Crippen LogP contribution in [0.3, 0.4) is 0 Å². The van der Waals surface area contributed by atoms with Gasteiger partial charge in [0, 0.05) is 13.2 Å². The van der Waals surface area contributed by atoms with Crippen molar-refractivity contribution in [3.05, 3.63) is 47.5 Å². The third kappa shape index (κ3) is 5.47. The maximum atomic E-state index is 12.7. The summed E-state index contributed by atoms with van der Waals surface area (Å²) < 4.78 is 45.1. The molecule has 0 aliphatic carbocycles. The molecule has 0 saturated carbocycles. The Bertz CT molecular complexity index is 699. The normalized spacial score (nSPS) is 13.3. The lowest BCUT2D eigenvalue weighted by Gasteiger charge is -2.14. The first kappa shape index (κ1) is 19.3. The van der Waals surface area contributed by atoms with Crippen molar-refractivity contribution in [1.82, 2.24) is 14.5 Å². The van der Waals surface area contributed by atoms with E-state index in [0.717, 1.165) is 37.2 Å². The third-order valence-electron chi connectivity index (χ3n) is 3.63. The van der Waals surface area contributed by atoms with Crippen molar-refractivity contribution in [2.45, 2.75) is 25.3 Å². The highest BCUT2D eigenvalue weighted by Gasteiger charge is 2.31. The number of rotatable bonds is 7. The van der Waals surface area contributed by atoms with Gasteiger partial charge in [-0.1, -0.05) is 6.07 Å². The molecule has 8 heteroatoms. The van der Waals surface area contributed by atoms with Crippen LogP contribution < -0.4 is 4.74 Å². The molecule has 0 aliphatic heterocycles. The molecule has 0 aliphatic rings. The Balaban J connectivity index is 2.06. The average molecular weight is 357 g/mol. The Hall–Kier alpha value is -2.06. The third-order valence-corrected chi connectivity index (χ3v) is 3.63. The molecule has 0 fully saturated rings. The van der Waals surface area contributed by atoms with Crippen LogP contribution in [0.25, 0.3) is 0 Å². The molecule has 1 heterocycles. The van der Waals surface area contributed by atoms with E-state index in [4.69, 9.17) is 4.74 Å². The van der Waals surface area contributed by atoms with Gasteiger partial charge in [0.2, 0.25) is 0 Å². The predicted molar refractivity (Wildman–Crippen MR) is 87.1 cm³/mol. The van der Waals surface area contributed by atoms with Gasteiger partial charge in [-0.3, -0.25) is 0 Å². The van der Waals surface area contributed by atoms with Crippen LogP contribution in [-0.4, -0.2) is 40.2 Å². The highest BCUT2D eigenvalue weighted by molar-refractivity contribution is 5.30. The summed E-state index contributed by atoms with van der Waals surface area (Å²) in [4.78, 5) is 6.39. The van der Waals surface area contributed by atoms with E-state index >= 15 is 0 Å². The van der Waals surface area contributed by atoms with Gasteiger partial charge in [-0.25, -0.2) is 4.98 Å². The molecule has 0 bridgehead atoms. The van der Waals surface area contributed by atoms with Crippen molar-refractivity contribution in [3.8, 4) is 5.75 Å². The van der Waals surface area contributed by atoms with Crippen LogP contribution in [0.2, 0.25) is 0 Å². The number of imidazole rings is 1. The molecule has 5 nitrogen and oxygen atoms in total. The van der Waals surface area contributed by atoms with Crippen LogP contribution in [0, 0.1) is 0 Å². The maximum Gasteiger partial charge on any atom is 0.416 e. The molecular weight excluding hydrogens is 335 g/mol. The molecule has 0 spiro atoms. The van der Waals surface area contributed by atoms with Gasteiger partial charge < -0.3 is 19.3 Å². The van der Waals surface area contributed by atoms with Gasteiger partial charge in [0.15, 0.2) is 5.82 Å². The second-order valence-corrected chi connectivity index (χ2v) is 6.10. The Morgan fingerprint density at radius 1 is 1.32 bits per heavy atom. The number of halogens is 3. The number of nitrogens with zero attached hydrogens (tertiary/aromatic N) is 3. The van der Waals surface area contributed by atoms with Crippen LogP contribution in [0.1, 0.15) is 29.8 Å². The lowest BCUT2D eigenvalue weighted by molar-refractivity contribution is -0.137. The van der Waals surface area contributed by atoms with E-state index in [1.165, 1.54) is 12.1 Å². The van der Waals surface area contributed by atoms with Gasteiger partial charge in [0.25, 0.3) is 6.29 Å². The summed E-state index contributed by atoms with van der Waals surface area (Å²) in [6, 6.07) is 4.39. The van der Waals surface area contributed by atoms with Gasteiger partial charge >= 0.3 is 6.18 Å². The fraction of sp³-hybridized carbons (Fsp3) is 0.471. The minimum atomic E-state index is -4.47. The summed E-state index contributed by atoms with van der Waals surface area (Å²) in [5, 5.41) is 10.2. The fourth-order valence-electron chi connectivity index (χ4n) is 2.40. The van der Waals surface area contributed by atoms with E-state index in [-0.39, 0.29) is 11.6 Å². The van der Waals surface area contributed by atoms with E-state index in [0.29, 0.717) is 0 Å². The number of alkyl halides is 3. The first-order valence-electron chi connectivity index (χ1n) is 7.85. The fourth-order valence-corrected chi connectivity index (χ4v) is 2.40. The molecule has 25 heavy (non-hydrogen) atoms. The maximum absolute atomic E-state index is 12.7. The molecule has 1 aromatic carbocycles. The summed E-state index contributed by atoms with van der Waals surface area (Å²) in [6.07, 6.45) is -2.48. The zero-order valence-corrected chi connectivity index (χ0v) is 14.4. The summed E-state index contributed by atoms with van der Waals surface area (Å²) in [7, 11) is 5.67. The number of benzene rings is 1. The van der Waals surface area contributed by atoms with Crippen LogP contribution in [-0.2, 0) is 19.6 Å². The topological polar surface area (TPSA) is 50.5 Å². The highest BCUT2D eigenvalue weighted by atomic mass is 19.4. The first-order chi connectivity index (χ1) is 11.7. The summed E-state index contributed by atoms with van der Waals surface area (Å²) in [5.74, 6) is 0.178. The lowest BCUT2D eigenvalue weighted by Crippen LogP contribution is -2.14. The molecule has 0 radical (unpaired) electrons.